The maximum absolute atomic E-state index is 11.7. The molecule has 1 aromatic carbocycles. The van der Waals surface area contributed by atoms with Gasteiger partial charge >= 0.3 is 0 Å². The minimum Gasteiger partial charge on any atom is -0.497 e. The van der Waals surface area contributed by atoms with Gasteiger partial charge in [-0.2, -0.15) is 0 Å². The highest BCUT2D eigenvalue weighted by molar-refractivity contribution is 7.99. The minimum atomic E-state index is 0.0234. The normalized spacial score (nSPS) is 10.7. The van der Waals surface area contributed by atoms with Crippen LogP contribution in [0.4, 0.5) is 0 Å². The quantitative estimate of drug-likeness (QED) is 0.653. The lowest BCUT2D eigenvalue weighted by molar-refractivity contribution is -0.118. The van der Waals surface area contributed by atoms with Crippen molar-refractivity contribution in [3.8, 4) is 17.2 Å². The van der Waals surface area contributed by atoms with Crippen LogP contribution in [-0.2, 0) is 15.3 Å². The van der Waals surface area contributed by atoms with E-state index in [0.29, 0.717) is 30.5 Å². The molecule has 0 spiro atoms. The van der Waals surface area contributed by atoms with E-state index in [2.05, 4.69) is 10.3 Å². The third kappa shape index (κ3) is 6.10. The predicted molar refractivity (Wildman–Crippen MR) is 98.9 cm³/mol. The van der Waals surface area contributed by atoms with Gasteiger partial charge < -0.3 is 19.2 Å². The SMILES string of the molecule is COCCCNC(=O)CSCc1nc(-c2cccc(OC)c2)oc1C. The van der Waals surface area contributed by atoms with Crippen molar-refractivity contribution < 1.29 is 18.7 Å². The largest absolute Gasteiger partial charge is 0.497 e. The Bertz CT molecular complexity index is 687. The summed E-state index contributed by atoms with van der Waals surface area (Å²) in [7, 11) is 3.28. The molecule has 1 aromatic heterocycles. The van der Waals surface area contributed by atoms with Gasteiger partial charge in [0.15, 0.2) is 0 Å². The number of benzene rings is 1. The molecule has 0 unspecified atom stereocenters. The van der Waals surface area contributed by atoms with Gasteiger partial charge in [0.2, 0.25) is 11.8 Å². The standard InChI is InChI=1S/C18H24N2O4S/c1-13-16(11-25-12-17(21)19-8-5-9-22-2)20-18(24-13)14-6-4-7-15(10-14)23-3/h4,6-7,10H,5,8-9,11-12H2,1-3H3,(H,19,21). The number of hydrogen-bond acceptors (Lipinski definition) is 6. The van der Waals surface area contributed by atoms with Gasteiger partial charge in [-0.05, 0) is 31.5 Å². The molecule has 0 aliphatic heterocycles. The maximum atomic E-state index is 11.7. The number of thioether (sulfide) groups is 1. The Labute approximate surface area is 152 Å². The second-order valence-corrected chi connectivity index (χ2v) is 6.43. The second-order valence-electron chi connectivity index (χ2n) is 5.44. The molecule has 2 aromatic rings. The van der Waals surface area contributed by atoms with Gasteiger partial charge in [0.25, 0.3) is 0 Å². The van der Waals surface area contributed by atoms with Crippen molar-refractivity contribution >= 4 is 17.7 Å². The summed E-state index contributed by atoms with van der Waals surface area (Å²) in [5.41, 5.74) is 1.73. The fourth-order valence-electron chi connectivity index (χ4n) is 2.18. The predicted octanol–water partition coefficient (Wildman–Crippen LogP) is 3.04. The molecule has 1 N–H and O–H groups in total. The molecule has 0 atom stereocenters. The van der Waals surface area contributed by atoms with Crippen molar-refractivity contribution in [2.45, 2.75) is 19.1 Å². The van der Waals surface area contributed by atoms with Crippen LogP contribution in [0.5, 0.6) is 5.75 Å². The molecule has 7 heteroatoms. The van der Waals surface area contributed by atoms with Crippen LogP contribution in [0.15, 0.2) is 28.7 Å². The van der Waals surface area contributed by atoms with Crippen LogP contribution in [0.25, 0.3) is 11.5 Å². The van der Waals surface area contributed by atoms with Crippen LogP contribution in [0.2, 0.25) is 0 Å². The van der Waals surface area contributed by atoms with E-state index < -0.39 is 0 Å². The Morgan fingerprint density at radius 3 is 2.96 bits per heavy atom. The van der Waals surface area contributed by atoms with Crippen LogP contribution < -0.4 is 10.1 Å². The molecule has 0 radical (unpaired) electrons. The van der Waals surface area contributed by atoms with Gasteiger partial charge in [-0.3, -0.25) is 4.79 Å². The molecule has 136 valence electrons. The highest BCUT2D eigenvalue weighted by atomic mass is 32.2. The van der Waals surface area contributed by atoms with Gasteiger partial charge in [0, 0.05) is 31.6 Å². The molecule has 0 aliphatic carbocycles. The summed E-state index contributed by atoms with van der Waals surface area (Å²) in [6.07, 6.45) is 0.819. The molecule has 0 saturated carbocycles. The summed E-state index contributed by atoms with van der Waals surface area (Å²) in [4.78, 5) is 16.3. The number of aromatic nitrogens is 1. The van der Waals surface area contributed by atoms with Crippen molar-refractivity contribution in [3.63, 3.8) is 0 Å². The molecule has 0 bridgehead atoms. The molecule has 25 heavy (non-hydrogen) atoms. The van der Waals surface area contributed by atoms with E-state index in [1.165, 1.54) is 11.8 Å². The van der Waals surface area contributed by atoms with Crippen molar-refractivity contribution in [2.75, 3.05) is 33.1 Å². The Morgan fingerprint density at radius 2 is 2.20 bits per heavy atom. The average Bonchev–Trinajstić information content (AvgIpc) is 3.00. The van der Waals surface area contributed by atoms with E-state index in [1.807, 2.05) is 31.2 Å². The third-order valence-corrected chi connectivity index (χ3v) is 4.47. The number of nitrogens with zero attached hydrogens (tertiary/aromatic N) is 1. The zero-order chi connectivity index (χ0) is 18.1. The van der Waals surface area contributed by atoms with E-state index in [4.69, 9.17) is 13.9 Å². The smallest absolute Gasteiger partial charge is 0.230 e. The summed E-state index contributed by atoms with van der Waals surface area (Å²) < 4.78 is 15.9. The van der Waals surface area contributed by atoms with Crippen LogP contribution in [0.3, 0.4) is 0 Å². The third-order valence-electron chi connectivity index (χ3n) is 3.53. The first-order valence-corrected chi connectivity index (χ1v) is 9.23. The lowest BCUT2D eigenvalue weighted by atomic mass is 10.2. The number of nitrogens with one attached hydrogen (secondary N) is 1. The van der Waals surface area contributed by atoms with Crippen LogP contribution >= 0.6 is 11.8 Å². The first kappa shape index (κ1) is 19.3. The topological polar surface area (TPSA) is 73.6 Å². The Balaban J connectivity index is 1.85. The monoisotopic (exact) mass is 364 g/mol. The number of ether oxygens (including phenoxy) is 2. The first-order chi connectivity index (χ1) is 12.1. The van der Waals surface area contributed by atoms with Crippen LogP contribution in [0.1, 0.15) is 17.9 Å². The van der Waals surface area contributed by atoms with E-state index in [9.17, 15) is 4.79 Å². The van der Waals surface area contributed by atoms with Crippen molar-refractivity contribution in [1.82, 2.24) is 10.3 Å². The molecular weight excluding hydrogens is 340 g/mol. The lowest BCUT2D eigenvalue weighted by Crippen LogP contribution is -2.26. The number of methoxy groups -OCH3 is 2. The van der Waals surface area contributed by atoms with Gasteiger partial charge in [0.1, 0.15) is 11.5 Å². The molecule has 1 heterocycles. The van der Waals surface area contributed by atoms with Gasteiger partial charge in [-0.25, -0.2) is 4.98 Å². The Hall–Kier alpha value is -1.99. The Morgan fingerprint density at radius 1 is 1.36 bits per heavy atom. The van der Waals surface area contributed by atoms with Crippen molar-refractivity contribution in [1.29, 1.82) is 0 Å². The van der Waals surface area contributed by atoms with Gasteiger partial charge in [0.05, 0.1) is 18.6 Å². The van der Waals surface area contributed by atoms with Crippen molar-refractivity contribution in [3.05, 3.63) is 35.7 Å². The van der Waals surface area contributed by atoms with E-state index in [0.717, 1.165) is 29.2 Å². The van der Waals surface area contributed by atoms with Crippen molar-refractivity contribution in [2.24, 2.45) is 0 Å². The van der Waals surface area contributed by atoms with Gasteiger partial charge in [-0.1, -0.05) is 6.07 Å². The molecule has 1 amide bonds. The van der Waals surface area contributed by atoms with Crippen LogP contribution in [0, 0.1) is 6.92 Å². The number of aryl methyl sites for hydroxylation is 1. The highest BCUT2D eigenvalue weighted by Gasteiger charge is 2.12. The highest BCUT2D eigenvalue weighted by Crippen LogP contribution is 2.26. The minimum absolute atomic E-state index is 0.0234. The number of amides is 1. The lowest BCUT2D eigenvalue weighted by Gasteiger charge is -2.04. The van der Waals surface area contributed by atoms with E-state index >= 15 is 0 Å². The number of oxazole rings is 1. The number of carbonyl (C=O) groups excluding carboxylic acids is 1. The van der Waals surface area contributed by atoms with Crippen LogP contribution in [-0.4, -0.2) is 44.0 Å². The molecule has 0 fully saturated rings. The summed E-state index contributed by atoms with van der Waals surface area (Å²) >= 11 is 1.52. The Kier molecular flexibility index (Phi) is 7.81. The number of hydrogen-bond donors (Lipinski definition) is 1. The maximum Gasteiger partial charge on any atom is 0.230 e. The zero-order valence-corrected chi connectivity index (χ0v) is 15.6. The first-order valence-electron chi connectivity index (χ1n) is 8.08. The molecule has 6 nitrogen and oxygen atoms in total. The van der Waals surface area contributed by atoms with E-state index in [-0.39, 0.29) is 5.91 Å². The summed E-state index contributed by atoms with van der Waals surface area (Å²) in [5, 5.41) is 2.86. The molecule has 2 rings (SSSR count). The summed E-state index contributed by atoms with van der Waals surface area (Å²) in [5.74, 6) is 3.14. The summed E-state index contributed by atoms with van der Waals surface area (Å²) in [6.45, 7) is 3.17. The second kappa shape index (κ2) is 10.1. The fraction of sp³-hybridized carbons (Fsp3) is 0.444. The molecule has 0 aliphatic rings. The average molecular weight is 364 g/mol. The zero-order valence-electron chi connectivity index (χ0n) is 14.8. The molecular formula is C18H24N2O4S. The summed E-state index contributed by atoms with van der Waals surface area (Å²) in [6, 6.07) is 7.59. The van der Waals surface area contributed by atoms with Gasteiger partial charge in [-0.15, -0.1) is 11.8 Å². The fourth-order valence-corrected chi connectivity index (χ4v) is 3.03. The number of rotatable bonds is 10. The number of carbonyl (C=O) groups is 1. The molecule has 0 saturated heterocycles. The van der Waals surface area contributed by atoms with E-state index in [1.54, 1.807) is 14.2 Å².